The zero-order valence-electron chi connectivity index (χ0n) is 17.9. The molecule has 1 atom stereocenters. The molecule has 3 aromatic rings. The lowest BCUT2D eigenvalue weighted by Crippen LogP contribution is -2.29. The molecule has 3 rings (SSSR count). The predicted octanol–water partition coefficient (Wildman–Crippen LogP) is 6.20. The number of rotatable bonds is 10. The first kappa shape index (κ1) is 21.1. The van der Waals surface area contributed by atoms with Crippen LogP contribution in [0.25, 0.3) is 11.0 Å². The maximum absolute atomic E-state index is 12.8. The zero-order chi connectivity index (χ0) is 20.6. The molecule has 1 N–H and O–H groups in total. The number of nitrogens with one attached hydrogen (secondary N) is 1. The fourth-order valence-electron chi connectivity index (χ4n) is 3.88. The summed E-state index contributed by atoms with van der Waals surface area (Å²) in [7, 11) is 0. The molecule has 1 amide bonds. The van der Waals surface area contributed by atoms with Crippen molar-refractivity contribution in [1.82, 2.24) is 14.9 Å². The van der Waals surface area contributed by atoms with Crippen molar-refractivity contribution >= 4 is 16.9 Å². The van der Waals surface area contributed by atoms with Gasteiger partial charge in [-0.05, 0) is 44.0 Å². The quantitative estimate of drug-likeness (QED) is 0.418. The number of aromatic nitrogens is 2. The van der Waals surface area contributed by atoms with Crippen molar-refractivity contribution in [3.05, 3.63) is 65.5 Å². The number of fused-ring (bicyclic) bond motifs is 1. The summed E-state index contributed by atoms with van der Waals surface area (Å²) in [4.78, 5) is 17.6. The SMILES string of the molecule is CCCCCCCCn1c(C(C)NC(=O)c2ccccc2C)nc2ccccc21. The fraction of sp³-hybridized carbons (Fsp3) is 0.440. The predicted molar refractivity (Wildman–Crippen MR) is 120 cm³/mol. The van der Waals surface area contributed by atoms with Crippen LogP contribution in [0.4, 0.5) is 0 Å². The van der Waals surface area contributed by atoms with Gasteiger partial charge in [0, 0.05) is 12.1 Å². The van der Waals surface area contributed by atoms with Crippen LogP contribution >= 0.6 is 0 Å². The molecule has 0 fully saturated rings. The van der Waals surface area contributed by atoms with Gasteiger partial charge in [-0.1, -0.05) is 69.4 Å². The number of benzene rings is 2. The third-order valence-electron chi connectivity index (χ3n) is 5.54. The molecule has 4 nitrogen and oxygen atoms in total. The van der Waals surface area contributed by atoms with E-state index >= 15 is 0 Å². The third kappa shape index (κ3) is 5.26. The second kappa shape index (κ2) is 10.2. The molecule has 154 valence electrons. The first-order chi connectivity index (χ1) is 14.1. The van der Waals surface area contributed by atoms with E-state index in [1.165, 1.54) is 32.1 Å². The number of carbonyl (C=O) groups excluding carboxylic acids is 1. The minimum Gasteiger partial charge on any atom is -0.342 e. The Morgan fingerprint density at radius 1 is 1.00 bits per heavy atom. The molecule has 0 aliphatic heterocycles. The topological polar surface area (TPSA) is 46.9 Å². The largest absolute Gasteiger partial charge is 0.342 e. The summed E-state index contributed by atoms with van der Waals surface area (Å²) in [5.41, 5.74) is 3.84. The van der Waals surface area contributed by atoms with Gasteiger partial charge in [0.25, 0.3) is 5.91 Å². The molecule has 0 saturated carbocycles. The van der Waals surface area contributed by atoms with Crippen molar-refractivity contribution in [2.45, 2.75) is 71.9 Å². The smallest absolute Gasteiger partial charge is 0.252 e. The number of nitrogens with zero attached hydrogens (tertiary/aromatic N) is 2. The second-order valence-electron chi connectivity index (χ2n) is 7.89. The standard InChI is InChI=1S/C25H33N3O/c1-4-5-6-7-8-13-18-28-23-17-12-11-16-22(23)27-24(28)20(3)26-25(29)21-15-10-9-14-19(21)2/h9-12,14-17,20H,4-8,13,18H2,1-3H3,(H,26,29). The molecule has 0 bridgehead atoms. The van der Waals surface area contributed by atoms with Gasteiger partial charge in [-0.25, -0.2) is 4.98 Å². The van der Waals surface area contributed by atoms with Crippen molar-refractivity contribution in [2.75, 3.05) is 0 Å². The van der Waals surface area contributed by atoms with Crippen LogP contribution in [0.2, 0.25) is 0 Å². The van der Waals surface area contributed by atoms with Crippen molar-refractivity contribution in [3.63, 3.8) is 0 Å². The number of hydrogen-bond acceptors (Lipinski definition) is 2. The summed E-state index contributed by atoms with van der Waals surface area (Å²) in [6.45, 7) is 7.17. The van der Waals surface area contributed by atoms with Gasteiger partial charge < -0.3 is 9.88 Å². The van der Waals surface area contributed by atoms with Gasteiger partial charge in [0.2, 0.25) is 0 Å². The average Bonchev–Trinajstić information content (AvgIpc) is 3.09. The van der Waals surface area contributed by atoms with Crippen molar-refractivity contribution in [3.8, 4) is 0 Å². The summed E-state index contributed by atoms with van der Waals surface area (Å²) < 4.78 is 2.29. The number of carbonyl (C=O) groups is 1. The Labute approximate surface area is 174 Å². The lowest BCUT2D eigenvalue weighted by molar-refractivity contribution is 0.0937. The van der Waals surface area contributed by atoms with Gasteiger partial charge in [-0.3, -0.25) is 4.79 Å². The Morgan fingerprint density at radius 3 is 2.48 bits per heavy atom. The van der Waals surface area contributed by atoms with E-state index in [-0.39, 0.29) is 11.9 Å². The van der Waals surface area contributed by atoms with Gasteiger partial charge in [-0.2, -0.15) is 0 Å². The maximum atomic E-state index is 12.8. The summed E-state index contributed by atoms with van der Waals surface area (Å²) in [6, 6.07) is 15.8. The molecule has 0 aliphatic rings. The first-order valence-electron chi connectivity index (χ1n) is 10.9. The van der Waals surface area contributed by atoms with Crippen LogP contribution in [0.1, 0.15) is 80.2 Å². The van der Waals surface area contributed by atoms with E-state index in [9.17, 15) is 4.79 Å². The number of para-hydroxylation sites is 2. The van der Waals surface area contributed by atoms with Gasteiger partial charge in [0.15, 0.2) is 0 Å². The summed E-state index contributed by atoms with van der Waals surface area (Å²) in [6.07, 6.45) is 7.56. The van der Waals surface area contributed by atoms with E-state index in [0.29, 0.717) is 0 Å². The molecule has 0 radical (unpaired) electrons. The van der Waals surface area contributed by atoms with Gasteiger partial charge in [-0.15, -0.1) is 0 Å². The van der Waals surface area contributed by atoms with Crippen molar-refractivity contribution < 1.29 is 4.79 Å². The molecule has 1 unspecified atom stereocenters. The van der Waals surface area contributed by atoms with E-state index in [1.807, 2.05) is 50.2 Å². The van der Waals surface area contributed by atoms with Gasteiger partial charge in [0.1, 0.15) is 5.82 Å². The monoisotopic (exact) mass is 391 g/mol. The van der Waals surface area contributed by atoms with Crippen LogP contribution in [0.5, 0.6) is 0 Å². The molecule has 2 aromatic carbocycles. The van der Waals surface area contributed by atoms with Crippen LogP contribution < -0.4 is 5.32 Å². The Bertz CT molecular complexity index is 944. The molecular weight excluding hydrogens is 358 g/mol. The Balaban J connectivity index is 1.75. The van der Waals surface area contributed by atoms with Crippen molar-refractivity contribution in [1.29, 1.82) is 0 Å². The normalized spacial score (nSPS) is 12.2. The first-order valence-corrected chi connectivity index (χ1v) is 10.9. The zero-order valence-corrected chi connectivity index (χ0v) is 17.9. The molecule has 29 heavy (non-hydrogen) atoms. The lowest BCUT2D eigenvalue weighted by atomic mass is 10.1. The van der Waals surface area contributed by atoms with E-state index in [1.54, 1.807) is 0 Å². The minimum absolute atomic E-state index is 0.0474. The minimum atomic E-state index is -0.158. The van der Waals surface area contributed by atoms with Crippen LogP contribution in [-0.2, 0) is 6.54 Å². The number of amides is 1. The highest BCUT2D eigenvalue weighted by Gasteiger charge is 2.19. The lowest BCUT2D eigenvalue weighted by Gasteiger charge is -2.17. The molecule has 4 heteroatoms. The average molecular weight is 392 g/mol. The Kier molecular flexibility index (Phi) is 7.45. The molecular formula is C25H33N3O. The highest BCUT2D eigenvalue weighted by Crippen LogP contribution is 2.22. The Morgan fingerprint density at radius 2 is 1.69 bits per heavy atom. The van der Waals surface area contributed by atoms with Gasteiger partial charge in [0.05, 0.1) is 17.1 Å². The molecule has 0 aliphatic carbocycles. The summed E-state index contributed by atoms with van der Waals surface area (Å²) in [5.74, 6) is 0.885. The van der Waals surface area contributed by atoms with E-state index in [0.717, 1.165) is 41.0 Å². The van der Waals surface area contributed by atoms with Crippen LogP contribution in [0.15, 0.2) is 48.5 Å². The molecule has 1 heterocycles. The van der Waals surface area contributed by atoms with E-state index in [4.69, 9.17) is 4.98 Å². The maximum Gasteiger partial charge on any atom is 0.252 e. The molecule has 0 saturated heterocycles. The highest BCUT2D eigenvalue weighted by atomic mass is 16.1. The van der Waals surface area contributed by atoms with E-state index < -0.39 is 0 Å². The summed E-state index contributed by atoms with van der Waals surface area (Å²) in [5, 5.41) is 3.15. The van der Waals surface area contributed by atoms with Gasteiger partial charge >= 0.3 is 0 Å². The molecule has 0 spiro atoms. The summed E-state index contributed by atoms with van der Waals surface area (Å²) >= 11 is 0. The number of imidazole rings is 1. The van der Waals surface area contributed by atoms with E-state index in [2.05, 4.69) is 28.9 Å². The Hall–Kier alpha value is -2.62. The number of unbranched alkanes of at least 4 members (excludes halogenated alkanes) is 5. The van der Waals surface area contributed by atoms with Crippen molar-refractivity contribution in [2.24, 2.45) is 0 Å². The van der Waals surface area contributed by atoms with Crippen LogP contribution in [-0.4, -0.2) is 15.5 Å². The number of hydrogen-bond donors (Lipinski definition) is 1. The van der Waals surface area contributed by atoms with Crippen LogP contribution in [0, 0.1) is 6.92 Å². The number of aryl methyl sites for hydroxylation is 2. The third-order valence-corrected chi connectivity index (χ3v) is 5.54. The van der Waals surface area contributed by atoms with Crippen LogP contribution in [0.3, 0.4) is 0 Å². The molecule has 1 aromatic heterocycles. The highest BCUT2D eigenvalue weighted by molar-refractivity contribution is 5.95. The fourth-order valence-corrected chi connectivity index (χ4v) is 3.88. The second-order valence-corrected chi connectivity index (χ2v) is 7.89.